The molecule has 1 atom stereocenters. The molecule has 19 heavy (non-hydrogen) atoms. The van der Waals surface area contributed by atoms with Crippen LogP contribution >= 0.6 is 11.8 Å². The number of halogens is 1. The second-order valence-electron chi connectivity index (χ2n) is 4.48. The Morgan fingerprint density at radius 3 is 2.58 bits per heavy atom. The lowest BCUT2D eigenvalue weighted by Crippen LogP contribution is -2.37. The molecule has 0 aliphatic heterocycles. The van der Waals surface area contributed by atoms with E-state index in [9.17, 15) is 12.8 Å². The van der Waals surface area contributed by atoms with E-state index in [-0.39, 0.29) is 22.2 Å². The van der Waals surface area contributed by atoms with Crippen LogP contribution in [-0.4, -0.2) is 37.8 Å². The van der Waals surface area contributed by atoms with Crippen molar-refractivity contribution in [2.24, 2.45) is 0 Å². The molecule has 0 bridgehead atoms. The van der Waals surface area contributed by atoms with Gasteiger partial charge < -0.3 is 5.73 Å². The highest BCUT2D eigenvalue weighted by molar-refractivity contribution is 7.98. The number of thioether (sulfide) groups is 1. The van der Waals surface area contributed by atoms with Gasteiger partial charge in [-0.25, -0.2) is 12.8 Å². The van der Waals surface area contributed by atoms with E-state index in [2.05, 4.69) is 0 Å². The van der Waals surface area contributed by atoms with Crippen molar-refractivity contribution >= 4 is 27.5 Å². The molecule has 4 nitrogen and oxygen atoms in total. The quantitative estimate of drug-likeness (QED) is 0.846. The zero-order valence-corrected chi connectivity index (χ0v) is 13.1. The van der Waals surface area contributed by atoms with Crippen LogP contribution < -0.4 is 5.73 Å². The fourth-order valence-corrected chi connectivity index (χ4v) is 4.02. The number of nitrogens with two attached hydrogens (primary N) is 1. The highest BCUT2D eigenvalue weighted by Crippen LogP contribution is 2.25. The molecular weight excluding hydrogens is 287 g/mol. The number of rotatable bonds is 5. The van der Waals surface area contributed by atoms with Gasteiger partial charge in [0, 0.05) is 24.5 Å². The molecule has 0 radical (unpaired) electrons. The summed E-state index contributed by atoms with van der Waals surface area (Å²) in [6.45, 7) is 3.28. The lowest BCUT2D eigenvalue weighted by Gasteiger charge is -2.24. The van der Waals surface area contributed by atoms with Gasteiger partial charge in [-0.1, -0.05) is 0 Å². The average Bonchev–Trinajstić information content (AvgIpc) is 2.32. The molecule has 0 spiro atoms. The van der Waals surface area contributed by atoms with Crippen LogP contribution in [0.2, 0.25) is 0 Å². The molecule has 0 saturated heterocycles. The lowest BCUT2D eigenvalue weighted by molar-refractivity contribution is 0.411. The van der Waals surface area contributed by atoms with Crippen LogP contribution in [0.25, 0.3) is 0 Å². The van der Waals surface area contributed by atoms with Crippen molar-refractivity contribution in [2.45, 2.75) is 24.8 Å². The summed E-state index contributed by atoms with van der Waals surface area (Å²) in [7, 11) is -2.42. The van der Waals surface area contributed by atoms with Gasteiger partial charge in [-0.3, -0.25) is 0 Å². The van der Waals surface area contributed by atoms with E-state index in [1.54, 1.807) is 6.92 Å². The molecule has 0 fully saturated rings. The van der Waals surface area contributed by atoms with Crippen LogP contribution in [0.1, 0.15) is 12.5 Å². The topological polar surface area (TPSA) is 63.4 Å². The van der Waals surface area contributed by atoms with Crippen LogP contribution in [0, 0.1) is 12.7 Å². The molecular formula is C12H19FN2O2S2. The Labute approximate surface area is 118 Å². The minimum absolute atomic E-state index is 0.221. The summed E-state index contributed by atoms with van der Waals surface area (Å²) in [5, 5.41) is 0. The predicted octanol–water partition coefficient (Wildman–Crippen LogP) is 2.09. The molecule has 1 aromatic carbocycles. The van der Waals surface area contributed by atoms with E-state index >= 15 is 0 Å². The highest BCUT2D eigenvalue weighted by Gasteiger charge is 2.28. The van der Waals surface area contributed by atoms with Crippen LogP contribution in [0.3, 0.4) is 0 Å². The Balaban J connectivity index is 3.28. The second kappa shape index (κ2) is 6.11. The first-order valence-electron chi connectivity index (χ1n) is 5.74. The fraction of sp³-hybridized carbons (Fsp3) is 0.500. The maximum atomic E-state index is 14.0. The minimum Gasteiger partial charge on any atom is -0.399 e. The number of benzene rings is 1. The van der Waals surface area contributed by atoms with Crippen molar-refractivity contribution in [3.05, 3.63) is 23.5 Å². The monoisotopic (exact) mass is 306 g/mol. The van der Waals surface area contributed by atoms with Crippen LogP contribution in [-0.2, 0) is 10.0 Å². The van der Waals surface area contributed by atoms with E-state index in [1.165, 1.54) is 42.2 Å². The van der Waals surface area contributed by atoms with Crippen LogP contribution in [0.15, 0.2) is 17.0 Å². The van der Waals surface area contributed by atoms with Gasteiger partial charge in [0.15, 0.2) is 0 Å². The van der Waals surface area contributed by atoms with Crippen LogP contribution in [0.5, 0.6) is 0 Å². The summed E-state index contributed by atoms with van der Waals surface area (Å²) < 4.78 is 40.0. The molecule has 2 N–H and O–H groups in total. The first-order valence-corrected chi connectivity index (χ1v) is 8.57. The van der Waals surface area contributed by atoms with E-state index in [4.69, 9.17) is 5.73 Å². The Morgan fingerprint density at radius 1 is 1.47 bits per heavy atom. The fourth-order valence-electron chi connectivity index (χ4n) is 1.69. The number of aryl methyl sites for hydroxylation is 1. The first kappa shape index (κ1) is 16.3. The van der Waals surface area contributed by atoms with Gasteiger partial charge in [-0.15, -0.1) is 0 Å². The third-order valence-corrected chi connectivity index (χ3v) is 5.72. The molecule has 1 aromatic rings. The summed E-state index contributed by atoms with van der Waals surface area (Å²) >= 11 is 1.54. The first-order chi connectivity index (χ1) is 8.71. The smallest absolute Gasteiger partial charge is 0.246 e. The molecule has 0 aromatic heterocycles. The van der Waals surface area contributed by atoms with Gasteiger partial charge in [0.1, 0.15) is 10.7 Å². The van der Waals surface area contributed by atoms with Gasteiger partial charge in [-0.2, -0.15) is 16.1 Å². The predicted molar refractivity (Wildman–Crippen MR) is 78.3 cm³/mol. The van der Waals surface area contributed by atoms with Crippen molar-refractivity contribution in [2.75, 3.05) is 24.8 Å². The highest BCUT2D eigenvalue weighted by atomic mass is 32.2. The molecule has 0 amide bonds. The van der Waals surface area contributed by atoms with Crippen molar-refractivity contribution in [1.82, 2.24) is 4.31 Å². The summed E-state index contributed by atoms with van der Waals surface area (Å²) in [6, 6.07) is 2.36. The van der Waals surface area contributed by atoms with Crippen LogP contribution in [0.4, 0.5) is 10.1 Å². The third kappa shape index (κ3) is 3.40. The Kier molecular flexibility index (Phi) is 5.23. The third-order valence-electron chi connectivity index (χ3n) is 2.93. The Bertz CT molecular complexity index is 561. The molecule has 0 saturated carbocycles. The number of nitrogen functional groups attached to an aromatic ring is 1. The summed E-state index contributed by atoms with van der Waals surface area (Å²) in [5.41, 5.74) is 6.07. The zero-order chi connectivity index (χ0) is 14.8. The molecule has 1 rings (SSSR count). The van der Waals surface area contributed by atoms with Crippen molar-refractivity contribution < 1.29 is 12.8 Å². The van der Waals surface area contributed by atoms with E-state index in [1.807, 2.05) is 6.26 Å². The van der Waals surface area contributed by atoms with Gasteiger partial charge in [-0.05, 0) is 37.8 Å². The van der Waals surface area contributed by atoms with Gasteiger partial charge in [0.05, 0.1) is 0 Å². The summed E-state index contributed by atoms with van der Waals surface area (Å²) in [4.78, 5) is -0.361. The average molecular weight is 306 g/mol. The maximum absolute atomic E-state index is 14.0. The Morgan fingerprint density at radius 2 is 2.05 bits per heavy atom. The van der Waals surface area contributed by atoms with E-state index in [0.717, 1.165) is 0 Å². The zero-order valence-electron chi connectivity index (χ0n) is 11.5. The largest absolute Gasteiger partial charge is 0.399 e. The molecule has 0 heterocycles. The standard InChI is InChI=1S/C12H19FN2O2S2/c1-8-5-10(14)6-11(12(8)13)19(16,17)15(3)9(2)7-18-4/h5-6,9H,7,14H2,1-4H3. The molecule has 108 valence electrons. The number of nitrogens with zero attached hydrogens (tertiary/aromatic N) is 1. The number of sulfonamides is 1. The molecule has 1 unspecified atom stereocenters. The minimum atomic E-state index is -3.87. The lowest BCUT2D eigenvalue weighted by atomic mass is 10.2. The number of hydrogen-bond donors (Lipinski definition) is 1. The van der Waals surface area contributed by atoms with E-state index in [0.29, 0.717) is 5.75 Å². The SMILES string of the molecule is CSCC(C)N(C)S(=O)(=O)c1cc(N)cc(C)c1F. The van der Waals surface area contributed by atoms with Gasteiger partial charge >= 0.3 is 0 Å². The molecule has 0 aliphatic rings. The van der Waals surface area contributed by atoms with Crippen molar-refractivity contribution in [1.29, 1.82) is 0 Å². The maximum Gasteiger partial charge on any atom is 0.246 e. The van der Waals surface area contributed by atoms with Gasteiger partial charge in [0.2, 0.25) is 10.0 Å². The normalized spacial score (nSPS) is 13.8. The number of anilines is 1. The van der Waals surface area contributed by atoms with Gasteiger partial charge in [0.25, 0.3) is 0 Å². The Hall–Kier alpha value is -0.790. The van der Waals surface area contributed by atoms with E-state index < -0.39 is 15.8 Å². The number of hydrogen-bond acceptors (Lipinski definition) is 4. The van der Waals surface area contributed by atoms with Crippen molar-refractivity contribution in [3.8, 4) is 0 Å². The van der Waals surface area contributed by atoms with Crippen molar-refractivity contribution in [3.63, 3.8) is 0 Å². The summed E-state index contributed by atoms with van der Waals surface area (Å²) in [6.07, 6.45) is 1.89. The second-order valence-corrected chi connectivity index (χ2v) is 7.35. The summed E-state index contributed by atoms with van der Waals surface area (Å²) in [5.74, 6) is -0.101. The molecule has 7 heteroatoms. The molecule has 0 aliphatic carbocycles.